The van der Waals surface area contributed by atoms with E-state index < -0.39 is 15.9 Å². The predicted molar refractivity (Wildman–Crippen MR) is 103 cm³/mol. The van der Waals surface area contributed by atoms with E-state index in [1.165, 1.54) is 39.5 Å². The maximum atomic E-state index is 12.9. The van der Waals surface area contributed by atoms with Gasteiger partial charge in [-0.25, -0.2) is 8.42 Å². The van der Waals surface area contributed by atoms with Crippen LogP contribution in [-0.4, -0.2) is 48.2 Å². The molecule has 0 radical (unpaired) electrons. The highest BCUT2D eigenvalue weighted by Crippen LogP contribution is 2.24. The molecule has 26 heavy (non-hydrogen) atoms. The first-order valence-electron chi connectivity index (χ1n) is 8.30. The van der Waals surface area contributed by atoms with Gasteiger partial charge in [0.2, 0.25) is 15.2 Å². The van der Waals surface area contributed by atoms with E-state index in [9.17, 15) is 13.2 Å². The maximum absolute atomic E-state index is 12.9. The molecule has 0 atom stereocenters. The van der Waals surface area contributed by atoms with Crippen molar-refractivity contribution in [1.29, 1.82) is 0 Å². The Morgan fingerprint density at radius 2 is 1.92 bits per heavy atom. The molecular weight excluding hydrogens is 392 g/mol. The third-order valence-corrected chi connectivity index (χ3v) is 7.81. The lowest BCUT2D eigenvalue weighted by molar-refractivity contribution is 0.102. The Balaban J connectivity index is 1.79. The van der Waals surface area contributed by atoms with Crippen LogP contribution < -0.4 is 5.32 Å². The molecule has 0 spiro atoms. The molecule has 0 aliphatic carbocycles. The summed E-state index contributed by atoms with van der Waals surface area (Å²) in [5.74, 6) is -0.401. The number of amides is 1. The van der Waals surface area contributed by atoms with Crippen LogP contribution in [0.2, 0.25) is 0 Å². The summed E-state index contributed by atoms with van der Waals surface area (Å²) in [5.41, 5.74) is 0.279. The van der Waals surface area contributed by atoms with Crippen molar-refractivity contribution in [2.75, 3.05) is 24.7 Å². The molecule has 1 amide bonds. The number of carbonyl (C=O) groups excluding carboxylic acids is 1. The fourth-order valence-electron chi connectivity index (χ4n) is 2.74. The van der Waals surface area contributed by atoms with Gasteiger partial charge in [0.1, 0.15) is 0 Å². The van der Waals surface area contributed by atoms with E-state index >= 15 is 0 Å². The van der Waals surface area contributed by atoms with Crippen LogP contribution in [0.15, 0.2) is 33.5 Å². The van der Waals surface area contributed by atoms with Gasteiger partial charge >= 0.3 is 0 Å². The number of benzene rings is 1. The van der Waals surface area contributed by atoms with E-state index in [1.54, 1.807) is 12.1 Å². The number of hydrogen-bond acceptors (Lipinski definition) is 7. The lowest BCUT2D eigenvalue weighted by atomic mass is 10.2. The molecule has 3 rings (SSSR count). The number of rotatable bonds is 5. The quantitative estimate of drug-likeness (QED) is 0.599. The monoisotopic (exact) mass is 412 g/mol. The van der Waals surface area contributed by atoms with Crippen molar-refractivity contribution in [2.24, 2.45) is 0 Å². The molecule has 2 aromatic rings. The maximum Gasteiger partial charge on any atom is 0.257 e. The Kier molecular flexibility index (Phi) is 6.28. The number of hydrogen-bond donors (Lipinski definition) is 1. The smallest absolute Gasteiger partial charge is 0.257 e. The summed E-state index contributed by atoms with van der Waals surface area (Å²) in [7, 11) is -3.59. The molecule has 0 unspecified atom stereocenters. The summed E-state index contributed by atoms with van der Waals surface area (Å²) in [6.45, 7) is 1.06. The number of aromatic nitrogens is 2. The van der Waals surface area contributed by atoms with Gasteiger partial charge in [-0.05, 0) is 37.3 Å². The molecule has 1 saturated heterocycles. The van der Waals surface area contributed by atoms with Gasteiger partial charge in [0.05, 0.1) is 4.90 Å². The van der Waals surface area contributed by atoms with E-state index in [0.29, 0.717) is 18.2 Å². The molecule has 10 heteroatoms. The highest BCUT2D eigenvalue weighted by Gasteiger charge is 2.25. The second-order valence-corrected chi connectivity index (χ2v) is 9.85. The molecule has 1 aliphatic heterocycles. The molecule has 2 heterocycles. The molecule has 7 nitrogen and oxygen atoms in total. The highest BCUT2D eigenvalue weighted by atomic mass is 32.2. The SMILES string of the molecule is CSc1nnc(NC(=O)c2cccc(S(=O)(=O)N3CCCCCC3)c2)s1. The summed E-state index contributed by atoms with van der Waals surface area (Å²) in [6, 6.07) is 6.14. The average Bonchev–Trinajstić information content (AvgIpc) is 2.91. The third-order valence-electron chi connectivity index (χ3n) is 4.10. The Morgan fingerprint density at radius 3 is 2.58 bits per heavy atom. The Hall–Kier alpha value is -1.49. The largest absolute Gasteiger partial charge is 0.296 e. The summed E-state index contributed by atoms with van der Waals surface area (Å²) >= 11 is 2.72. The van der Waals surface area contributed by atoms with Crippen molar-refractivity contribution >= 4 is 44.2 Å². The van der Waals surface area contributed by atoms with Crippen molar-refractivity contribution < 1.29 is 13.2 Å². The topological polar surface area (TPSA) is 92.3 Å². The molecule has 0 bridgehead atoms. The zero-order chi connectivity index (χ0) is 18.6. The van der Waals surface area contributed by atoms with Gasteiger partial charge < -0.3 is 0 Å². The fraction of sp³-hybridized carbons (Fsp3) is 0.438. The summed E-state index contributed by atoms with van der Waals surface area (Å²) in [4.78, 5) is 12.6. The van der Waals surface area contributed by atoms with Gasteiger partial charge in [-0.3, -0.25) is 10.1 Å². The number of anilines is 1. The fourth-order valence-corrected chi connectivity index (χ4v) is 5.47. The third kappa shape index (κ3) is 4.43. The molecule has 1 N–H and O–H groups in total. The lowest BCUT2D eigenvalue weighted by Gasteiger charge is -2.20. The van der Waals surface area contributed by atoms with Crippen LogP contribution in [0, 0.1) is 0 Å². The van der Waals surface area contributed by atoms with Crippen molar-refractivity contribution in [3.8, 4) is 0 Å². The van der Waals surface area contributed by atoms with Crippen LogP contribution in [0.3, 0.4) is 0 Å². The van der Waals surface area contributed by atoms with E-state index in [2.05, 4.69) is 15.5 Å². The van der Waals surface area contributed by atoms with Gasteiger partial charge in [0.15, 0.2) is 4.34 Å². The van der Waals surface area contributed by atoms with Crippen molar-refractivity contribution in [2.45, 2.75) is 34.9 Å². The first-order valence-corrected chi connectivity index (χ1v) is 11.8. The second kappa shape index (κ2) is 8.47. The normalized spacial score (nSPS) is 16.2. The van der Waals surface area contributed by atoms with Crippen LogP contribution in [-0.2, 0) is 10.0 Å². The van der Waals surface area contributed by atoms with E-state index in [0.717, 1.165) is 30.0 Å². The number of nitrogens with one attached hydrogen (secondary N) is 1. The molecule has 140 valence electrons. The first-order chi connectivity index (χ1) is 12.5. The molecule has 1 aromatic heterocycles. The summed E-state index contributed by atoms with van der Waals surface area (Å²) < 4.78 is 28.0. The number of thioether (sulfide) groups is 1. The summed E-state index contributed by atoms with van der Waals surface area (Å²) in [6.07, 6.45) is 5.72. The minimum absolute atomic E-state index is 0.147. The van der Waals surface area contributed by atoms with Crippen molar-refractivity contribution in [3.05, 3.63) is 29.8 Å². The van der Waals surface area contributed by atoms with Gasteiger partial charge in [-0.1, -0.05) is 42.0 Å². The minimum Gasteiger partial charge on any atom is -0.296 e. The van der Waals surface area contributed by atoms with Gasteiger partial charge in [-0.15, -0.1) is 10.2 Å². The predicted octanol–water partition coefficient (Wildman–Crippen LogP) is 3.08. The van der Waals surface area contributed by atoms with Gasteiger partial charge in [-0.2, -0.15) is 4.31 Å². The molecule has 1 aliphatic rings. The standard InChI is InChI=1S/C16H20N4O3S3/c1-24-16-19-18-15(25-16)17-14(21)12-7-6-8-13(11-12)26(22,23)20-9-4-2-3-5-10-20/h6-8,11H,2-5,9-10H2,1H3,(H,17,18,21). The van der Waals surface area contributed by atoms with E-state index in [-0.39, 0.29) is 10.5 Å². The van der Waals surface area contributed by atoms with Crippen molar-refractivity contribution in [3.63, 3.8) is 0 Å². The number of sulfonamides is 1. The molecule has 1 fully saturated rings. The lowest BCUT2D eigenvalue weighted by Crippen LogP contribution is -2.32. The Morgan fingerprint density at radius 1 is 1.19 bits per heavy atom. The highest BCUT2D eigenvalue weighted by molar-refractivity contribution is 8.00. The van der Waals surface area contributed by atoms with Gasteiger partial charge in [0, 0.05) is 18.7 Å². The van der Waals surface area contributed by atoms with Crippen molar-refractivity contribution in [1.82, 2.24) is 14.5 Å². The van der Waals surface area contributed by atoms with Crippen LogP contribution in [0.1, 0.15) is 36.0 Å². The zero-order valence-electron chi connectivity index (χ0n) is 14.3. The first kappa shape index (κ1) is 19.3. The molecular formula is C16H20N4O3S3. The summed E-state index contributed by atoms with van der Waals surface area (Å²) in [5, 5.41) is 10.9. The van der Waals surface area contributed by atoms with Crippen LogP contribution in [0.5, 0.6) is 0 Å². The van der Waals surface area contributed by atoms with Crippen LogP contribution in [0.25, 0.3) is 0 Å². The molecule has 0 saturated carbocycles. The minimum atomic E-state index is -3.59. The zero-order valence-corrected chi connectivity index (χ0v) is 16.8. The Bertz CT molecular complexity index is 874. The molecule has 1 aromatic carbocycles. The number of carbonyl (C=O) groups is 1. The number of nitrogens with zero attached hydrogens (tertiary/aromatic N) is 3. The second-order valence-electron chi connectivity index (χ2n) is 5.88. The van der Waals surface area contributed by atoms with Crippen LogP contribution >= 0.6 is 23.1 Å². The Labute approximate surface area is 161 Å². The van der Waals surface area contributed by atoms with E-state index in [1.807, 2.05) is 6.26 Å². The average molecular weight is 413 g/mol. The van der Waals surface area contributed by atoms with E-state index in [4.69, 9.17) is 0 Å². The van der Waals surface area contributed by atoms with Crippen LogP contribution in [0.4, 0.5) is 5.13 Å². The van der Waals surface area contributed by atoms with Gasteiger partial charge in [0.25, 0.3) is 5.91 Å².